The van der Waals surface area contributed by atoms with E-state index in [1.165, 1.54) is 0 Å². The molecule has 0 radical (unpaired) electrons. The molecule has 0 aliphatic heterocycles. The zero-order chi connectivity index (χ0) is 10.7. The molecular weight excluding hydrogens is 184 g/mol. The van der Waals surface area contributed by atoms with Gasteiger partial charge in [-0.25, -0.2) is 0 Å². The summed E-state index contributed by atoms with van der Waals surface area (Å²) in [6.45, 7) is 1.71. The summed E-state index contributed by atoms with van der Waals surface area (Å²) in [5.41, 5.74) is 0.162. The first-order valence-electron chi connectivity index (χ1n) is 4.30. The summed E-state index contributed by atoms with van der Waals surface area (Å²) in [7, 11) is 0. The number of Topliss-reactive ketones (excluding diaryl/α,β-unsaturated/α-hetero) is 1. The number of carbonyl (C=O) groups excluding carboxylic acids is 1. The fraction of sp³-hybridized carbons (Fsp3) is 0.300. The van der Waals surface area contributed by atoms with Crippen molar-refractivity contribution >= 4 is 5.78 Å². The van der Waals surface area contributed by atoms with E-state index in [9.17, 15) is 15.0 Å². The van der Waals surface area contributed by atoms with E-state index in [0.29, 0.717) is 6.42 Å². The molecule has 0 heterocycles. The molecular formula is C10H12O4. The smallest absolute Gasteiger partial charge is 0.137 e. The van der Waals surface area contributed by atoms with E-state index in [1.54, 1.807) is 6.92 Å². The Balaban J connectivity index is 3.02. The van der Waals surface area contributed by atoms with Crippen LogP contribution in [-0.2, 0) is 11.2 Å². The Bertz CT molecular complexity index is 334. The van der Waals surface area contributed by atoms with Crippen molar-refractivity contribution in [2.45, 2.75) is 19.8 Å². The Morgan fingerprint density at radius 3 is 2.14 bits per heavy atom. The van der Waals surface area contributed by atoms with Gasteiger partial charge in [0.2, 0.25) is 0 Å². The molecule has 0 fully saturated rings. The van der Waals surface area contributed by atoms with Gasteiger partial charge in [-0.3, -0.25) is 4.79 Å². The van der Waals surface area contributed by atoms with Crippen molar-refractivity contribution < 1.29 is 20.1 Å². The average molecular weight is 196 g/mol. The van der Waals surface area contributed by atoms with Crippen LogP contribution in [0.15, 0.2) is 12.1 Å². The van der Waals surface area contributed by atoms with Gasteiger partial charge in [0.15, 0.2) is 0 Å². The van der Waals surface area contributed by atoms with E-state index < -0.39 is 0 Å². The van der Waals surface area contributed by atoms with Crippen LogP contribution in [0.1, 0.15) is 18.9 Å². The van der Waals surface area contributed by atoms with Crippen LogP contribution in [0.5, 0.6) is 17.2 Å². The molecule has 0 saturated carbocycles. The van der Waals surface area contributed by atoms with Crippen molar-refractivity contribution in [1.82, 2.24) is 0 Å². The summed E-state index contributed by atoms with van der Waals surface area (Å²) in [6, 6.07) is 2.19. The Hall–Kier alpha value is -1.71. The maximum absolute atomic E-state index is 11.1. The van der Waals surface area contributed by atoms with Crippen LogP contribution < -0.4 is 0 Å². The molecule has 4 nitrogen and oxygen atoms in total. The molecule has 0 spiro atoms. The standard InChI is InChI=1S/C10H12O4/c1-2-6(11)3-8-9(13)4-7(12)5-10(8)14/h4-5,12-14H,2-3H2,1H3. The normalized spacial score (nSPS) is 10.1. The summed E-state index contributed by atoms with van der Waals surface area (Å²) in [4.78, 5) is 11.1. The molecule has 1 aromatic rings. The minimum Gasteiger partial charge on any atom is -0.508 e. The van der Waals surface area contributed by atoms with E-state index in [2.05, 4.69) is 0 Å². The van der Waals surface area contributed by atoms with Crippen LogP contribution in [0.3, 0.4) is 0 Å². The molecule has 0 atom stereocenters. The van der Waals surface area contributed by atoms with E-state index in [-0.39, 0.29) is 35.0 Å². The summed E-state index contributed by atoms with van der Waals surface area (Å²) in [5, 5.41) is 27.7. The number of aromatic hydroxyl groups is 3. The average Bonchev–Trinajstić information content (AvgIpc) is 2.10. The maximum atomic E-state index is 11.1. The molecule has 76 valence electrons. The molecule has 3 N–H and O–H groups in total. The number of hydrogen-bond acceptors (Lipinski definition) is 4. The fourth-order valence-electron chi connectivity index (χ4n) is 1.13. The van der Waals surface area contributed by atoms with Gasteiger partial charge in [-0.2, -0.15) is 0 Å². The molecule has 4 heteroatoms. The second kappa shape index (κ2) is 4.00. The molecule has 0 aliphatic carbocycles. The van der Waals surface area contributed by atoms with Gasteiger partial charge >= 0.3 is 0 Å². The topological polar surface area (TPSA) is 77.8 Å². The molecule has 1 aromatic carbocycles. The molecule has 0 saturated heterocycles. The lowest BCUT2D eigenvalue weighted by Gasteiger charge is -2.06. The first kappa shape index (κ1) is 10.4. The SMILES string of the molecule is CCC(=O)Cc1c(O)cc(O)cc1O. The number of phenols is 3. The second-order valence-corrected chi connectivity index (χ2v) is 3.03. The number of benzene rings is 1. The van der Waals surface area contributed by atoms with Crippen molar-refractivity contribution in [3.63, 3.8) is 0 Å². The lowest BCUT2D eigenvalue weighted by atomic mass is 10.1. The molecule has 0 aliphatic rings. The van der Waals surface area contributed by atoms with Gasteiger partial charge in [-0.15, -0.1) is 0 Å². The molecule has 0 amide bonds. The lowest BCUT2D eigenvalue weighted by molar-refractivity contribution is -0.118. The highest BCUT2D eigenvalue weighted by Gasteiger charge is 2.12. The number of carbonyl (C=O) groups is 1. The molecule has 0 bridgehead atoms. The number of ketones is 1. The molecule has 1 rings (SSSR count). The van der Waals surface area contributed by atoms with Gasteiger partial charge in [0.05, 0.1) is 0 Å². The van der Waals surface area contributed by atoms with Gasteiger partial charge < -0.3 is 15.3 Å². The third kappa shape index (κ3) is 2.16. The van der Waals surface area contributed by atoms with Crippen LogP contribution in [0.2, 0.25) is 0 Å². The first-order valence-corrected chi connectivity index (χ1v) is 4.30. The van der Waals surface area contributed by atoms with Crippen molar-refractivity contribution in [3.8, 4) is 17.2 Å². The van der Waals surface area contributed by atoms with Crippen molar-refractivity contribution in [2.75, 3.05) is 0 Å². The molecule has 14 heavy (non-hydrogen) atoms. The van der Waals surface area contributed by atoms with E-state index >= 15 is 0 Å². The highest BCUT2D eigenvalue weighted by Crippen LogP contribution is 2.32. The summed E-state index contributed by atoms with van der Waals surface area (Å²) in [5.74, 6) is -0.831. The fourth-order valence-corrected chi connectivity index (χ4v) is 1.13. The second-order valence-electron chi connectivity index (χ2n) is 3.03. The van der Waals surface area contributed by atoms with E-state index in [4.69, 9.17) is 5.11 Å². The van der Waals surface area contributed by atoms with Crippen LogP contribution in [0.4, 0.5) is 0 Å². The van der Waals surface area contributed by atoms with Crippen LogP contribution in [-0.4, -0.2) is 21.1 Å². The number of phenolic OH excluding ortho intramolecular Hbond substituents is 3. The van der Waals surface area contributed by atoms with Crippen molar-refractivity contribution in [2.24, 2.45) is 0 Å². The predicted octanol–water partition coefficient (Wildman–Crippen LogP) is 1.32. The summed E-state index contributed by atoms with van der Waals surface area (Å²) >= 11 is 0. The summed E-state index contributed by atoms with van der Waals surface area (Å²) in [6.07, 6.45) is 0.328. The predicted molar refractivity (Wildman–Crippen MR) is 50.4 cm³/mol. The van der Waals surface area contributed by atoms with Gasteiger partial charge in [0.25, 0.3) is 0 Å². The Kier molecular flexibility index (Phi) is 2.96. The van der Waals surface area contributed by atoms with Crippen molar-refractivity contribution in [1.29, 1.82) is 0 Å². The lowest BCUT2D eigenvalue weighted by Crippen LogP contribution is -2.00. The maximum Gasteiger partial charge on any atom is 0.137 e. The Morgan fingerprint density at radius 2 is 1.71 bits per heavy atom. The van der Waals surface area contributed by atoms with Gasteiger partial charge in [0, 0.05) is 30.5 Å². The molecule has 0 unspecified atom stereocenters. The van der Waals surface area contributed by atoms with Crippen LogP contribution >= 0.6 is 0 Å². The highest BCUT2D eigenvalue weighted by molar-refractivity contribution is 5.82. The van der Waals surface area contributed by atoms with E-state index in [1.807, 2.05) is 0 Å². The first-order chi connectivity index (χ1) is 6.54. The van der Waals surface area contributed by atoms with Gasteiger partial charge in [0.1, 0.15) is 23.0 Å². The zero-order valence-corrected chi connectivity index (χ0v) is 7.82. The minimum atomic E-state index is -0.260. The van der Waals surface area contributed by atoms with E-state index in [0.717, 1.165) is 12.1 Å². The van der Waals surface area contributed by atoms with Gasteiger partial charge in [-0.05, 0) is 0 Å². The highest BCUT2D eigenvalue weighted by atomic mass is 16.3. The Morgan fingerprint density at radius 1 is 1.21 bits per heavy atom. The third-order valence-electron chi connectivity index (χ3n) is 1.96. The third-order valence-corrected chi connectivity index (χ3v) is 1.96. The summed E-state index contributed by atoms with van der Waals surface area (Å²) < 4.78 is 0. The van der Waals surface area contributed by atoms with Gasteiger partial charge in [-0.1, -0.05) is 6.92 Å². The minimum absolute atomic E-state index is 0.0194. The molecule has 0 aromatic heterocycles. The quantitative estimate of drug-likeness (QED) is 0.681. The Labute approximate surface area is 81.4 Å². The number of rotatable bonds is 3. The van der Waals surface area contributed by atoms with Crippen molar-refractivity contribution in [3.05, 3.63) is 17.7 Å². The largest absolute Gasteiger partial charge is 0.508 e. The van der Waals surface area contributed by atoms with Crippen LogP contribution in [0.25, 0.3) is 0 Å². The zero-order valence-electron chi connectivity index (χ0n) is 7.82. The van der Waals surface area contributed by atoms with Crippen LogP contribution in [0, 0.1) is 0 Å². The number of hydrogen-bond donors (Lipinski definition) is 3. The monoisotopic (exact) mass is 196 g/mol.